The molecule has 3 heteroatoms. The van der Waals surface area contributed by atoms with Gasteiger partial charge >= 0.3 is 0 Å². The quantitative estimate of drug-likeness (QED) is 0.662. The lowest BCUT2D eigenvalue weighted by atomic mass is 10.3. The standard InChI is InChI=1S/C8H8N2O/c9-4-7-3-6-5-10-2-1-8(6)11-7/h1-3,5H,4,9H2. The molecule has 2 N–H and O–H groups in total. The van der Waals surface area contributed by atoms with Crippen molar-refractivity contribution < 1.29 is 4.42 Å². The van der Waals surface area contributed by atoms with Gasteiger partial charge in [-0.15, -0.1) is 0 Å². The molecule has 0 aliphatic heterocycles. The third-order valence-electron chi connectivity index (χ3n) is 1.57. The van der Waals surface area contributed by atoms with Crippen LogP contribution in [-0.2, 0) is 6.54 Å². The first-order valence-electron chi connectivity index (χ1n) is 3.42. The predicted molar refractivity (Wildman–Crippen MR) is 41.9 cm³/mol. The number of aromatic nitrogens is 1. The lowest BCUT2D eigenvalue weighted by Gasteiger charge is -1.83. The SMILES string of the molecule is NCc1cc2cnccc2o1. The second-order valence-corrected chi connectivity index (χ2v) is 2.33. The molecule has 0 bridgehead atoms. The molecule has 2 heterocycles. The van der Waals surface area contributed by atoms with E-state index in [9.17, 15) is 0 Å². The van der Waals surface area contributed by atoms with Crippen LogP contribution < -0.4 is 5.73 Å². The molecule has 2 rings (SSSR count). The third kappa shape index (κ3) is 0.991. The molecular formula is C8H8N2O. The number of rotatable bonds is 1. The van der Waals surface area contributed by atoms with Crippen LogP contribution >= 0.6 is 0 Å². The average Bonchev–Trinajstić information content (AvgIpc) is 2.46. The Morgan fingerprint density at radius 2 is 2.45 bits per heavy atom. The number of hydrogen-bond donors (Lipinski definition) is 1. The first-order valence-corrected chi connectivity index (χ1v) is 3.42. The van der Waals surface area contributed by atoms with Crippen LogP contribution in [0.15, 0.2) is 28.9 Å². The fourth-order valence-electron chi connectivity index (χ4n) is 1.04. The molecule has 0 spiro atoms. The van der Waals surface area contributed by atoms with Crippen LogP contribution in [0.1, 0.15) is 5.76 Å². The van der Waals surface area contributed by atoms with Gasteiger partial charge in [0, 0.05) is 17.8 Å². The lowest BCUT2D eigenvalue weighted by molar-refractivity contribution is 0.552. The monoisotopic (exact) mass is 148 g/mol. The van der Waals surface area contributed by atoms with Crippen molar-refractivity contribution in [3.05, 3.63) is 30.3 Å². The molecule has 0 radical (unpaired) electrons. The Kier molecular flexibility index (Phi) is 1.36. The van der Waals surface area contributed by atoms with Crippen LogP contribution in [0, 0.1) is 0 Å². The van der Waals surface area contributed by atoms with E-state index in [1.165, 1.54) is 0 Å². The zero-order valence-corrected chi connectivity index (χ0v) is 5.95. The van der Waals surface area contributed by atoms with E-state index in [2.05, 4.69) is 4.98 Å². The van der Waals surface area contributed by atoms with E-state index < -0.39 is 0 Å². The van der Waals surface area contributed by atoms with Gasteiger partial charge in [-0.05, 0) is 12.1 Å². The Morgan fingerprint density at radius 3 is 3.18 bits per heavy atom. The second kappa shape index (κ2) is 2.36. The highest BCUT2D eigenvalue weighted by Crippen LogP contribution is 2.16. The summed E-state index contributed by atoms with van der Waals surface area (Å²) in [5.41, 5.74) is 6.25. The summed E-state index contributed by atoms with van der Waals surface area (Å²) in [6, 6.07) is 3.73. The van der Waals surface area contributed by atoms with E-state index in [1.807, 2.05) is 12.1 Å². The summed E-state index contributed by atoms with van der Waals surface area (Å²) in [4.78, 5) is 3.96. The van der Waals surface area contributed by atoms with E-state index >= 15 is 0 Å². The normalized spacial score (nSPS) is 10.6. The fourth-order valence-corrected chi connectivity index (χ4v) is 1.04. The minimum absolute atomic E-state index is 0.439. The second-order valence-electron chi connectivity index (χ2n) is 2.33. The van der Waals surface area contributed by atoms with Crippen molar-refractivity contribution in [3.8, 4) is 0 Å². The maximum absolute atomic E-state index is 5.40. The van der Waals surface area contributed by atoms with E-state index in [1.54, 1.807) is 12.4 Å². The largest absolute Gasteiger partial charge is 0.460 e. The maximum atomic E-state index is 5.40. The lowest BCUT2D eigenvalue weighted by Crippen LogP contribution is -1.92. The molecule has 0 aromatic carbocycles. The molecule has 3 nitrogen and oxygen atoms in total. The van der Waals surface area contributed by atoms with Crippen molar-refractivity contribution in [2.24, 2.45) is 5.73 Å². The predicted octanol–water partition coefficient (Wildman–Crippen LogP) is 1.29. The van der Waals surface area contributed by atoms with Crippen molar-refractivity contribution in [2.45, 2.75) is 6.54 Å². The van der Waals surface area contributed by atoms with E-state index in [0.717, 1.165) is 16.7 Å². The minimum atomic E-state index is 0.439. The highest BCUT2D eigenvalue weighted by atomic mass is 16.3. The molecule has 0 aliphatic rings. The van der Waals surface area contributed by atoms with Gasteiger partial charge < -0.3 is 10.2 Å². The molecule has 0 amide bonds. The number of hydrogen-bond acceptors (Lipinski definition) is 3. The molecule has 0 saturated heterocycles. The summed E-state index contributed by atoms with van der Waals surface area (Å²) in [6.45, 7) is 0.439. The number of nitrogens with zero attached hydrogens (tertiary/aromatic N) is 1. The Bertz CT molecular complexity index is 334. The smallest absolute Gasteiger partial charge is 0.137 e. The van der Waals surface area contributed by atoms with Gasteiger partial charge in [-0.2, -0.15) is 0 Å². The van der Waals surface area contributed by atoms with Gasteiger partial charge in [-0.25, -0.2) is 0 Å². The van der Waals surface area contributed by atoms with Gasteiger partial charge in [0.25, 0.3) is 0 Å². The van der Waals surface area contributed by atoms with Crippen molar-refractivity contribution >= 4 is 11.0 Å². The average molecular weight is 148 g/mol. The molecule has 56 valence electrons. The van der Waals surface area contributed by atoms with Gasteiger partial charge in [0.05, 0.1) is 6.54 Å². The van der Waals surface area contributed by atoms with E-state index in [0.29, 0.717) is 6.54 Å². The highest BCUT2D eigenvalue weighted by Gasteiger charge is 1.99. The molecule has 0 saturated carbocycles. The fraction of sp³-hybridized carbons (Fsp3) is 0.125. The highest BCUT2D eigenvalue weighted by molar-refractivity contribution is 5.76. The number of nitrogens with two attached hydrogens (primary N) is 1. The number of furan rings is 1. The summed E-state index contributed by atoms with van der Waals surface area (Å²) < 4.78 is 5.35. The first-order chi connectivity index (χ1) is 5.40. The Hall–Kier alpha value is -1.35. The van der Waals surface area contributed by atoms with Crippen LogP contribution in [-0.4, -0.2) is 4.98 Å². The molecule has 0 atom stereocenters. The zero-order valence-electron chi connectivity index (χ0n) is 5.95. The number of pyridine rings is 1. The van der Waals surface area contributed by atoms with Gasteiger partial charge in [-0.3, -0.25) is 4.98 Å². The Morgan fingerprint density at radius 1 is 1.55 bits per heavy atom. The molecule has 11 heavy (non-hydrogen) atoms. The van der Waals surface area contributed by atoms with E-state index in [-0.39, 0.29) is 0 Å². The molecular weight excluding hydrogens is 140 g/mol. The van der Waals surface area contributed by atoms with Crippen LogP contribution in [0.3, 0.4) is 0 Å². The molecule has 2 aromatic heterocycles. The zero-order chi connectivity index (χ0) is 7.68. The van der Waals surface area contributed by atoms with E-state index in [4.69, 9.17) is 10.2 Å². The van der Waals surface area contributed by atoms with Gasteiger partial charge in [-0.1, -0.05) is 0 Å². The van der Waals surface area contributed by atoms with Crippen LogP contribution in [0.5, 0.6) is 0 Å². The van der Waals surface area contributed by atoms with Crippen LogP contribution in [0.4, 0.5) is 0 Å². The molecule has 0 aliphatic carbocycles. The van der Waals surface area contributed by atoms with Crippen molar-refractivity contribution in [1.82, 2.24) is 4.98 Å². The van der Waals surface area contributed by atoms with Crippen LogP contribution in [0.2, 0.25) is 0 Å². The van der Waals surface area contributed by atoms with Gasteiger partial charge in [0.2, 0.25) is 0 Å². The summed E-state index contributed by atoms with van der Waals surface area (Å²) in [6.07, 6.45) is 3.46. The summed E-state index contributed by atoms with van der Waals surface area (Å²) in [7, 11) is 0. The summed E-state index contributed by atoms with van der Waals surface area (Å²) >= 11 is 0. The summed E-state index contributed by atoms with van der Waals surface area (Å²) in [5, 5.41) is 1.01. The Labute approximate surface area is 63.8 Å². The van der Waals surface area contributed by atoms with Crippen molar-refractivity contribution in [2.75, 3.05) is 0 Å². The number of fused-ring (bicyclic) bond motifs is 1. The van der Waals surface area contributed by atoms with Gasteiger partial charge in [0.15, 0.2) is 0 Å². The van der Waals surface area contributed by atoms with Gasteiger partial charge in [0.1, 0.15) is 11.3 Å². The summed E-state index contributed by atoms with van der Waals surface area (Å²) in [5.74, 6) is 0.799. The third-order valence-corrected chi connectivity index (χ3v) is 1.57. The van der Waals surface area contributed by atoms with Crippen molar-refractivity contribution in [3.63, 3.8) is 0 Å². The van der Waals surface area contributed by atoms with Crippen LogP contribution in [0.25, 0.3) is 11.0 Å². The molecule has 0 fully saturated rings. The molecule has 0 unspecified atom stereocenters. The topological polar surface area (TPSA) is 52.0 Å². The first kappa shape index (κ1) is 6.37. The molecule has 2 aromatic rings. The Balaban J connectivity index is 2.69. The minimum Gasteiger partial charge on any atom is -0.460 e. The maximum Gasteiger partial charge on any atom is 0.137 e. The van der Waals surface area contributed by atoms with Crippen molar-refractivity contribution in [1.29, 1.82) is 0 Å².